The van der Waals surface area contributed by atoms with Crippen LogP contribution >= 0.6 is 0 Å². The summed E-state index contributed by atoms with van der Waals surface area (Å²) in [7, 11) is 0. The molecule has 0 spiro atoms. The van der Waals surface area contributed by atoms with Crippen LogP contribution in [0.5, 0.6) is 0 Å². The van der Waals surface area contributed by atoms with Crippen molar-refractivity contribution in [3.63, 3.8) is 0 Å². The summed E-state index contributed by atoms with van der Waals surface area (Å²) in [5.74, 6) is 5.61. The van der Waals surface area contributed by atoms with Gasteiger partial charge in [-0.1, -0.05) is 39.0 Å². The largest absolute Gasteiger partial charge is 0.271 e. The van der Waals surface area contributed by atoms with E-state index in [-0.39, 0.29) is 11.5 Å². The molecule has 0 aliphatic rings. The minimum Gasteiger partial charge on any atom is -0.271 e. The van der Waals surface area contributed by atoms with Gasteiger partial charge in [0.05, 0.1) is 17.9 Å². The minimum absolute atomic E-state index is 0.0215. The summed E-state index contributed by atoms with van der Waals surface area (Å²) in [6.07, 6.45) is 1.75. The van der Waals surface area contributed by atoms with Gasteiger partial charge in [0.15, 0.2) is 0 Å². The molecular weight excluding hydrogens is 226 g/mol. The molecule has 1 aromatic carbocycles. The van der Waals surface area contributed by atoms with Crippen molar-refractivity contribution in [1.82, 2.24) is 20.4 Å². The average Bonchev–Trinajstić information content (AvgIpc) is 2.78. The molecule has 1 atom stereocenters. The summed E-state index contributed by atoms with van der Waals surface area (Å²) in [4.78, 5) is 1.62. The van der Waals surface area contributed by atoms with E-state index in [4.69, 9.17) is 5.84 Å². The Balaban J connectivity index is 2.31. The van der Waals surface area contributed by atoms with Gasteiger partial charge in [-0.2, -0.15) is 15.0 Å². The zero-order valence-electron chi connectivity index (χ0n) is 11.0. The number of hydrogen-bond acceptors (Lipinski definition) is 4. The number of nitrogens with one attached hydrogen (secondary N) is 1. The first kappa shape index (κ1) is 12.7. The summed E-state index contributed by atoms with van der Waals surface area (Å²) < 4.78 is 0. The van der Waals surface area contributed by atoms with Crippen molar-refractivity contribution in [2.45, 2.75) is 26.8 Å². The Kier molecular flexibility index (Phi) is 3.45. The molecule has 0 amide bonds. The van der Waals surface area contributed by atoms with Crippen molar-refractivity contribution in [1.29, 1.82) is 0 Å². The van der Waals surface area contributed by atoms with Crippen molar-refractivity contribution in [2.75, 3.05) is 0 Å². The van der Waals surface area contributed by atoms with Gasteiger partial charge in [0.25, 0.3) is 0 Å². The first-order valence-corrected chi connectivity index (χ1v) is 5.96. The number of nitrogens with zero attached hydrogens (tertiary/aromatic N) is 3. The molecule has 18 heavy (non-hydrogen) atoms. The summed E-state index contributed by atoms with van der Waals surface area (Å²) in [6.45, 7) is 6.33. The van der Waals surface area contributed by atoms with E-state index < -0.39 is 0 Å². The molecule has 2 rings (SSSR count). The normalized spacial score (nSPS) is 13.6. The van der Waals surface area contributed by atoms with E-state index in [9.17, 15) is 0 Å². The smallest absolute Gasteiger partial charge is 0.102 e. The van der Waals surface area contributed by atoms with Gasteiger partial charge in [-0.25, -0.2) is 0 Å². The monoisotopic (exact) mass is 245 g/mol. The van der Waals surface area contributed by atoms with Crippen molar-refractivity contribution >= 4 is 0 Å². The van der Waals surface area contributed by atoms with E-state index in [1.54, 1.807) is 11.0 Å². The van der Waals surface area contributed by atoms with Crippen LogP contribution in [-0.2, 0) is 0 Å². The van der Waals surface area contributed by atoms with Crippen molar-refractivity contribution in [2.24, 2.45) is 11.3 Å². The average molecular weight is 245 g/mol. The molecule has 5 nitrogen and oxygen atoms in total. The molecule has 3 N–H and O–H groups in total. The molecule has 0 bridgehead atoms. The highest BCUT2D eigenvalue weighted by atomic mass is 15.5. The fourth-order valence-corrected chi connectivity index (χ4v) is 1.87. The van der Waals surface area contributed by atoms with Gasteiger partial charge in [0, 0.05) is 0 Å². The lowest BCUT2D eigenvalue weighted by atomic mass is 9.85. The van der Waals surface area contributed by atoms with Crippen LogP contribution in [-0.4, -0.2) is 15.0 Å². The minimum atomic E-state index is -0.0324. The first-order valence-electron chi connectivity index (χ1n) is 5.96. The van der Waals surface area contributed by atoms with Crippen molar-refractivity contribution < 1.29 is 0 Å². The number of aromatic nitrogens is 3. The second-order valence-corrected chi connectivity index (χ2v) is 5.36. The number of hydrogen-bond donors (Lipinski definition) is 2. The lowest BCUT2D eigenvalue weighted by Crippen LogP contribution is -2.37. The Morgan fingerprint density at radius 1 is 1.22 bits per heavy atom. The van der Waals surface area contributed by atoms with Crippen LogP contribution in [0.25, 0.3) is 5.69 Å². The number of para-hydroxylation sites is 1. The van der Waals surface area contributed by atoms with Gasteiger partial charge in [-0.05, 0) is 17.5 Å². The number of nitrogens with two attached hydrogens (primary N) is 1. The number of benzene rings is 1. The standard InChI is InChI=1S/C13H19N5/c1-13(2,3)12(16-14)11-9-15-18(17-11)10-7-5-4-6-8-10/h4-9,12,16H,14H2,1-3H3. The molecular formula is C13H19N5. The lowest BCUT2D eigenvalue weighted by molar-refractivity contribution is 0.269. The molecule has 0 aliphatic heterocycles. The highest BCUT2D eigenvalue weighted by Crippen LogP contribution is 2.30. The van der Waals surface area contributed by atoms with Gasteiger partial charge in [-0.15, -0.1) is 0 Å². The molecule has 0 saturated carbocycles. The van der Waals surface area contributed by atoms with E-state index in [2.05, 4.69) is 36.4 Å². The van der Waals surface area contributed by atoms with E-state index in [1.807, 2.05) is 30.3 Å². The Bertz CT molecular complexity index is 498. The topological polar surface area (TPSA) is 68.8 Å². The lowest BCUT2D eigenvalue weighted by Gasteiger charge is -2.27. The van der Waals surface area contributed by atoms with Crippen LogP contribution in [0.3, 0.4) is 0 Å². The summed E-state index contributed by atoms with van der Waals surface area (Å²) in [5.41, 5.74) is 4.57. The molecule has 96 valence electrons. The molecule has 0 fully saturated rings. The zero-order chi connectivity index (χ0) is 13.2. The second kappa shape index (κ2) is 4.88. The molecule has 5 heteroatoms. The van der Waals surface area contributed by atoms with Gasteiger partial charge in [0.2, 0.25) is 0 Å². The third-order valence-electron chi connectivity index (χ3n) is 2.83. The maximum Gasteiger partial charge on any atom is 0.102 e. The highest BCUT2D eigenvalue weighted by molar-refractivity contribution is 5.28. The molecule has 1 unspecified atom stereocenters. The molecule has 1 aromatic heterocycles. The van der Waals surface area contributed by atoms with E-state index in [1.165, 1.54) is 0 Å². The highest BCUT2D eigenvalue weighted by Gasteiger charge is 2.27. The fraction of sp³-hybridized carbons (Fsp3) is 0.385. The van der Waals surface area contributed by atoms with Crippen LogP contribution in [0.1, 0.15) is 32.5 Å². The van der Waals surface area contributed by atoms with E-state index in [0.717, 1.165) is 11.4 Å². The van der Waals surface area contributed by atoms with Gasteiger partial charge in [0.1, 0.15) is 5.69 Å². The third-order valence-corrected chi connectivity index (χ3v) is 2.83. The molecule has 0 aliphatic carbocycles. The predicted molar refractivity (Wildman–Crippen MR) is 70.9 cm³/mol. The van der Waals surface area contributed by atoms with Crippen molar-refractivity contribution in [3.05, 3.63) is 42.2 Å². The van der Waals surface area contributed by atoms with Crippen LogP contribution in [0.15, 0.2) is 36.5 Å². The van der Waals surface area contributed by atoms with Crippen LogP contribution in [0, 0.1) is 5.41 Å². The first-order chi connectivity index (χ1) is 8.52. The molecule has 0 saturated heterocycles. The Labute approximate surface area is 107 Å². The maximum absolute atomic E-state index is 5.61. The zero-order valence-corrected chi connectivity index (χ0v) is 11.0. The van der Waals surface area contributed by atoms with Crippen LogP contribution < -0.4 is 11.3 Å². The van der Waals surface area contributed by atoms with Gasteiger partial charge < -0.3 is 0 Å². The Morgan fingerprint density at radius 2 is 1.89 bits per heavy atom. The van der Waals surface area contributed by atoms with E-state index in [0.29, 0.717) is 0 Å². The molecule has 2 aromatic rings. The van der Waals surface area contributed by atoms with Gasteiger partial charge in [-0.3, -0.25) is 11.3 Å². The number of rotatable bonds is 3. The Morgan fingerprint density at radius 3 is 2.44 bits per heavy atom. The van der Waals surface area contributed by atoms with E-state index >= 15 is 0 Å². The summed E-state index contributed by atoms with van der Waals surface area (Å²) >= 11 is 0. The number of hydrazine groups is 1. The van der Waals surface area contributed by atoms with Crippen LogP contribution in [0.4, 0.5) is 0 Å². The second-order valence-electron chi connectivity index (χ2n) is 5.36. The Hall–Kier alpha value is -1.72. The predicted octanol–water partition coefficient (Wildman–Crippen LogP) is 1.82. The maximum atomic E-state index is 5.61. The quantitative estimate of drug-likeness (QED) is 0.639. The summed E-state index contributed by atoms with van der Waals surface area (Å²) in [5, 5.41) is 8.76. The third kappa shape index (κ3) is 2.57. The summed E-state index contributed by atoms with van der Waals surface area (Å²) in [6, 6.07) is 9.78. The van der Waals surface area contributed by atoms with Crippen molar-refractivity contribution in [3.8, 4) is 5.69 Å². The fourth-order valence-electron chi connectivity index (χ4n) is 1.87. The van der Waals surface area contributed by atoms with Crippen LogP contribution in [0.2, 0.25) is 0 Å². The molecule has 0 radical (unpaired) electrons. The van der Waals surface area contributed by atoms with Gasteiger partial charge >= 0.3 is 0 Å². The SMILES string of the molecule is CC(C)(C)C(NN)c1cnn(-c2ccccc2)n1. The molecule has 1 heterocycles.